The first kappa shape index (κ1) is 21.0. The Hall–Kier alpha value is -3.30. The van der Waals surface area contributed by atoms with Gasteiger partial charge in [0.1, 0.15) is 5.92 Å². The van der Waals surface area contributed by atoms with Crippen LogP contribution in [-0.4, -0.2) is 30.6 Å². The number of nitrogens with one attached hydrogen (secondary N) is 2. The van der Waals surface area contributed by atoms with Crippen LogP contribution < -0.4 is 10.6 Å². The molecular weight excluding hydrogens is 380 g/mol. The molecule has 1 aliphatic heterocycles. The topological polar surface area (TPSA) is 132 Å². The monoisotopic (exact) mass is 398 g/mol. The van der Waals surface area contributed by atoms with Gasteiger partial charge in [0, 0.05) is 5.41 Å². The highest BCUT2D eigenvalue weighted by Gasteiger charge is 2.44. The van der Waals surface area contributed by atoms with E-state index in [1.807, 2.05) is 12.1 Å². The second-order valence-corrected chi connectivity index (χ2v) is 7.45. The lowest BCUT2D eigenvalue weighted by atomic mass is 9.72. The summed E-state index contributed by atoms with van der Waals surface area (Å²) in [5.74, 6) is -2.62. The fourth-order valence-corrected chi connectivity index (χ4v) is 3.71. The van der Waals surface area contributed by atoms with Gasteiger partial charge in [-0.15, -0.1) is 0 Å². The summed E-state index contributed by atoms with van der Waals surface area (Å²) >= 11 is 0.984. The predicted octanol–water partition coefficient (Wildman–Crippen LogP) is 2.18. The number of benzene rings is 1. The number of hydrogen-bond acceptors (Lipinski definition) is 7. The van der Waals surface area contributed by atoms with Crippen molar-refractivity contribution in [2.45, 2.75) is 13.8 Å². The van der Waals surface area contributed by atoms with Crippen molar-refractivity contribution in [1.29, 1.82) is 10.5 Å². The fraction of sp³-hybridized carbons (Fsp3) is 0.316. The second kappa shape index (κ2) is 8.59. The summed E-state index contributed by atoms with van der Waals surface area (Å²) in [5.41, 5.74) is -0.218. The normalized spacial score (nSPS) is 17.8. The number of anilines is 1. The van der Waals surface area contributed by atoms with E-state index in [2.05, 4.69) is 15.4 Å². The minimum atomic E-state index is -0.993. The minimum Gasteiger partial charge on any atom is -0.465 e. The molecule has 1 aromatic rings. The standard InChI is InChI=1S/C19H18N4O4S/c1-19(2)12(8-20)16(25)23-17(13(19)9-21)28-10-15(24)22-14-7-5-4-6-11(14)18(26)27-3/h4-7,12H,10H2,1-3H3,(H,22,24)(H,23,25)/t12-/m0/s1. The van der Waals surface area contributed by atoms with E-state index in [1.54, 1.807) is 32.0 Å². The number of allylic oxidation sites excluding steroid dienone is 1. The number of methoxy groups -OCH3 is 1. The Morgan fingerprint density at radius 2 is 2.00 bits per heavy atom. The van der Waals surface area contributed by atoms with Crippen LogP contribution in [0, 0.1) is 34.0 Å². The molecule has 9 heteroatoms. The van der Waals surface area contributed by atoms with Crippen molar-refractivity contribution in [1.82, 2.24) is 5.32 Å². The van der Waals surface area contributed by atoms with Gasteiger partial charge in [0.15, 0.2) is 0 Å². The number of para-hydroxylation sites is 1. The molecule has 0 spiro atoms. The minimum absolute atomic E-state index is 0.108. The molecule has 0 fully saturated rings. The maximum absolute atomic E-state index is 12.3. The predicted molar refractivity (Wildman–Crippen MR) is 103 cm³/mol. The van der Waals surface area contributed by atoms with Crippen LogP contribution in [0.3, 0.4) is 0 Å². The lowest BCUT2D eigenvalue weighted by molar-refractivity contribution is -0.125. The third kappa shape index (κ3) is 4.16. The molecule has 2 amide bonds. The Kier molecular flexibility index (Phi) is 6.45. The van der Waals surface area contributed by atoms with Crippen molar-refractivity contribution >= 4 is 35.2 Å². The van der Waals surface area contributed by atoms with E-state index < -0.39 is 29.1 Å². The van der Waals surface area contributed by atoms with Gasteiger partial charge in [0.05, 0.1) is 46.9 Å². The van der Waals surface area contributed by atoms with Crippen molar-refractivity contribution in [3.8, 4) is 12.1 Å². The van der Waals surface area contributed by atoms with Crippen LogP contribution in [0.2, 0.25) is 0 Å². The van der Waals surface area contributed by atoms with E-state index in [9.17, 15) is 24.9 Å². The van der Waals surface area contributed by atoms with Crippen LogP contribution in [0.25, 0.3) is 0 Å². The molecule has 0 aliphatic carbocycles. The first-order chi connectivity index (χ1) is 13.3. The smallest absolute Gasteiger partial charge is 0.339 e. The lowest BCUT2D eigenvalue weighted by Gasteiger charge is -2.34. The molecule has 2 rings (SSSR count). The van der Waals surface area contributed by atoms with Crippen molar-refractivity contribution in [3.63, 3.8) is 0 Å². The van der Waals surface area contributed by atoms with Crippen LogP contribution in [0.5, 0.6) is 0 Å². The maximum Gasteiger partial charge on any atom is 0.339 e. The molecule has 0 aromatic heterocycles. The summed E-state index contributed by atoms with van der Waals surface area (Å²) in [6, 6.07) is 10.4. The highest BCUT2D eigenvalue weighted by atomic mass is 32.2. The Morgan fingerprint density at radius 3 is 2.61 bits per heavy atom. The molecule has 1 aromatic carbocycles. The summed E-state index contributed by atoms with van der Waals surface area (Å²) in [7, 11) is 1.24. The third-order valence-corrected chi connectivity index (χ3v) is 5.29. The van der Waals surface area contributed by atoms with E-state index in [-0.39, 0.29) is 21.9 Å². The number of hydrogen-bond donors (Lipinski definition) is 2. The molecular formula is C19H18N4O4S. The molecule has 0 unspecified atom stereocenters. The Morgan fingerprint density at radius 1 is 1.32 bits per heavy atom. The van der Waals surface area contributed by atoms with Gasteiger partial charge >= 0.3 is 5.97 Å². The largest absolute Gasteiger partial charge is 0.465 e. The van der Waals surface area contributed by atoms with E-state index in [4.69, 9.17) is 0 Å². The van der Waals surface area contributed by atoms with Gasteiger partial charge in [0.25, 0.3) is 0 Å². The molecule has 1 atom stereocenters. The molecule has 0 radical (unpaired) electrons. The molecule has 1 aliphatic rings. The zero-order chi connectivity index (χ0) is 20.9. The summed E-state index contributed by atoms with van der Waals surface area (Å²) < 4.78 is 4.68. The molecule has 1 heterocycles. The van der Waals surface area contributed by atoms with Crippen LogP contribution >= 0.6 is 11.8 Å². The molecule has 144 valence electrons. The third-order valence-electron chi connectivity index (χ3n) is 4.29. The summed E-state index contributed by atoms with van der Waals surface area (Å²) in [6.07, 6.45) is 0. The van der Waals surface area contributed by atoms with Crippen LogP contribution in [0.1, 0.15) is 24.2 Å². The summed E-state index contributed by atoms with van der Waals surface area (Å²) in [6.45, 7) is 3.29. The zero-order valence-electron chi connectivity index (χ0n) is 15.5. The molecule has 0 saturated carbocycles. The average Bonchev–Trinajstić information content (AvgIpc) is 2.65. The Balaban J connectivity index is 2.16. The molecule has 8 nitrogen and oxygen atoms in total. The highest BCUT2D eigenvalue weighted by Crippen LogP contribution is 2.41. The van der Waals surface area contributed by atoms with Gasteiger partial charge in [-0.1, -0.05) is 37.7 Å². The summed E-state index contributed by atoms with van der Waals surface area (Å²) in [4.78, 5) is 36.3. The number of esters is 1. The Labute approximate surface area is 166 Å². The van der Waals surface area contributed by atoms with Gasteiger partial charge in [-0.05, 0) is 12.1 Å². The first-order valence-corrected chi connectivity index (χ1v) is 9.20. The number of nitrogens with zero attached hydrogens (tertiary/aromatic N) is 2. The van der Waals surface area contributed by atoms with Gasteiger partial charge in [-0.2, -0.15) is 10.5 Å². The van der Waals surface area contributed by atoms with Crippen molar-refractivity contribution < 1.29 is 19.1 Å². The maximum atomic E-state index is 12.3. The average molecular weight is 398 g/mol. The number of carbonyl (C=O) groups excluding carboxylic acids is 3. The quantitative estimate of drug-likeness (QED) is 0.726. The molecule has 0 saturated heterocycles. The van der Waals surface area contributed by atoms with E-state index in [0.717, 1.165) is 11.8 Å². The number of carbonyl (C=O) groups is 3. The van der Waals surface area contributed by atoms with Crippen molar-refractivity contribution in [2.75, 3.05) is 18.2 Å². The van der Waals surface area contributed by atoms with Crippen LogP contribution in [0.15, 0.2) is 34.9 Å². The van der Waals surface area contributed by atoms with Crippen LogP contribution in [-0.2, 0) is 14.3 Å². The van der Waals surface area contributed by atoms with E-state index >= 15 is 0 Å². The fourth-order valence-electron chi connectivity index (χ4n) is 2.74. The van der Waals surface area contributed by atoms with Gasteiger partial charge in [-0.25, -0.2) is 4.79 Å². The lowest BCUT2D eigenvalue weighted by Crippen LogP contribution is -2.44. The number of amides is 2. The SMILES string of the molecule is COC(=O)c1ccccc1NC(=O)CSC1=C(C#N)C(C)(C)[C@@H](C#N)C(=O)N1. The second-order valence-electron chi connectivity index (χ2n) is 6.46. The van der Waals surface area contributed by atoms with E-state index in [1.165, 1.54) is 13.2 Å². The zero-order valence-corrected chi connectivity index (χ0v) is 16.3. The van der Waals surface area contributed by atoms with Gasteiger partial charge in [0.2, 0.25) is 11.8 Å². The van der Waals surface area contributed by atoms with Crippen LogP contribution in [0.4, 0.5) is 5.69 Å². The number of thioether (sulfide) groups is 1. The van der Waals surface area contributed by atoms with Crippen molar-refractivity contribution in [2.24, 2.45) is 11.3 Å². The number of rotatable bonds is 5. The number of ether oxygens (including phenoxy) is 1. The number of nitriles is 2. The highest BCUT2D eigenvalue weighted by molar-refractivity contribution is 8.03. The van der Waals surface area contributed by atoms with Gasteiger partial charge in [-0.3, -0.25) is 9.59 Å². The Bertz CT molecular complexity index is 940. The summed E-state index contributed by atoms with van der Waals surface area (Å²) in [5, 5.41) is 24.1. The molecule has 2 N–H and O–H groups in total. The van der Waals surface area contributed by atoms with Gasteiger partial charge < -0.3 is 15.4 Å². The molecule has 0 bridgehead atoms. The molecule has 28 heavy (non-hydrogen) atoms. The first-order valence-electron chi connectivity index (χ1n) is 8.21. The van der Waals surface area contributed by atoms with E-state index in [0.29, 0.717) is 5.69 Å². The van der Waals surface area contributed by atoms with Crippen molar-refractivity contribution in [3.05, 3.63) is 40.4 Å².